The van der Waals surface area contributed by atoms with E-state index in [1.54, 1.807) is 7.11 Å². The maximum atomic E-state index is 5.85. The van der Waals surface area contributed by atoms with E-state index in [9.17, 15) is 0 Å². The van der Waals surface area contributed by atoms with Crippen LogP contribution in [0.1, 0.15) is 49.4 Å². The second kappa shape index (κ2) is 4.54. The molecule has 3 unspecified atom stereocenters. The lowest BCUT2D eigenvalue weighted by atomic mass is 9.89. The van der Waals surface area contributed by atoms with Crippen molar-refractivity contribution >= 4 is 0 Å². The molecule has 1 aromatic heterocycles. The molecule has 0 aliphatic carbocycles. The van der Waals surface area contributed by atoms with Crippen molar-refractivity contribution in [1.82, 2.24) is 15.5 Å². The first-order valence-corrected chi connectivity index (χ1v) is 7.08. The van der Waals surface area contributed by atoms with Gasteiger partial charge in [-0.25, -0.2) is 0 Å². The molecule has 4 heterocycles. The van der Waals surface area contributed by atoms with E-state index in [-0.39, 0.29) is 12.1 Å². The number of methoxy groups -OCH3 is 1. The second-order valence-electron chi connectivity index (χ2n) is 5.76. The predicted octanol–water partition coefficient (Wildman–Crippen LogP) is 1.15. The summed E-state index contributed by atoms with van der Waals surface area (Å²) in [5.41, 5.74) is 0. The van der Waals surface area contributed by atoms with Gasteiger partial charge in [-0.1, -0.05) is 5.16 Å². The molecule has 6 heteroatoms. The Balaban J connectivity index is 1.48. The first kappa shape index (κ1) is 11.8. The zero-order chi connectivity index (χ0) is 12.8. The maximum Gasteiger partial charge on any atom is 0.243 e. The Labute approximate surface area is 111 Å². The Hall–Kier alpha value is -0.980. The zero-order valence-corrected chi connectivity index (χ0v) is 11.0. The van der Waals surface area contributed by atoms with Crippen LogP contribution in [0.2, 0.25) is 0 Å². The third-order valence-electron chi connectivity index (χ3n) is 4.62. The van der Waals surface area contributed by atoms with Gasteiger partial charge < -0.3 is 19.3 Å². The highest BCUT2D eigenvalue weighted by atomic mass is 16.5. The Morgan fingerprint density at radius 2 is 2.26 bits per heavy atom. The monoisotopic (exact) mass is 265 g/mol. The van der Waals surface area contributed by atoms with E-state index in [4.69, 9.17) is 14.0 Å². The van der Waals surface area contributed by atoms with Crippen molar-refractivity contribution in [2.24, 2.45) is 0 Å². The predicted molar refractivity (Wildman–Crippen MR) is 65.7 cm³/mol. The van der Waals surface area contributed by atoms with Gasteiger partial charge in [0.05, 0.1) is 30.3 Å². The van der Waals surface area contributed by atoms with Gasteiger partial charge in [0, 0.05) is 13.7 Å². The molecule has 19 heavy (non-hydrogen) atoms. The van der Waals surface area contributed by atoms with Crippen LogP contribution in [-0.2, 0) is 9.47 Å². The van der Waals surface area contributed by atoms with Crippen molar-refractivity contribution in [2.45, 2.75) is 56.0 Å². The van der Waals surface area contributed by atoms with Crippen LogP contribution < -0.4 is 5.32 Å². The van der Waals surface area contributed by atoms with Crippen molar-refractivity contribution in [1.29, 1.82) is 0 Å². The lowest BCUT2D eigenvalue weighted by Crippen LogP contribution is -2.17. The molecule has 2 bridgehead atoms. The van der Waals surface area contributed by atoms with Crippen LogP contribution in [0.5, 0.6) is 0 Å². The summed E-state index contributed by atoms with van der Waals surface area (Å²) in [6, 6.07) is 0.130. The van der Waals surface area contributed by atoms with Crippen LogP contribution in [0.15, 0.2) is 4.52 Å². The summed E-state index contributed by atoms with van der Waals surface area (Å²) in [5, 5.41) is 7.52. The summed E-state index contributed by atoms with van der Waals surface area (Å²) in [7, 11) is 1.74. The van der Waals surface area contributed by atoms with E-state index in [1.165, 1.54) is 6.42 Å². The summed E-state index contributed by atoms with van der Waals surface area (Å²) in [5.74, 6) is 1.85. The highest BCUT2D eigenvalue weighted by Crippen LogP contribution is 2.43. The van der Waals surface area contributed by atoms with Gasteiger partial charge in [-0.05, 0) is 25.7 Å². The van der Waals surface area contributed by atoms with Crippen LogP contribution in [0.25, 0.3) is 0 Å². The van der Waals surface area contributed by atoms with Crippen LogP contribution in [-0.4, -0.2) is 42.1 Å². The normalized spacial score (nSPS) is 41.2. The smallest absolute Gasteiger partial charge is 0.243 e. The number of hydrogen-bond donors (Lipinski definition) is 1. The molecule has 104 valence electrons. The number of ether oxygens (including phenoxy) is 2. The fourth-order valence-electron chi connectivity index (χ4n) is 3.52. The van der Waals surface area contributed by atoms with Crippen LogP contribution in [0, 0.1) is 0 Å². The van der Waals surface area contributed by atoms with Gasteiger partial charge in [-0.15, -0.1) is 0 Å². The summed E-state index contributed by atoms with van der Waals surface area (Å²) >= 11 is 0. The number of aromatic nitrogens is 2. The number of fused-ring (bicyclic) bond motifs is 2. The number of hydrogen-bond acceptors (Lipinski definition) is 6. The molecule has 3 aliphatic rings. The molecule has 0 spiro atoms. The van der Waals surface area contributed by atoms with E-state index in [2.05, 4.69) is 15.5 Å². The summed E-state index contributed by atoms with van der Waals surface area (Å²) in [4.78, 5) is 4.59. The third-order valence-corrected chi connectivity index (χ3v) is 4.62. The minimum atomic E-state index is 0.130. The zero-order valence-electron chi connectivity index (χ0n) is 11.0. The SMILES string of the molecule is CO[C@@H]1CN[C@@H](c2nc(C3CC4CCC3O4)no2)C1. The van der Waals surface area contributed by atoms with Gasteiger partial charge in [0.25, 0.3) is 0 Å². The van der Waals surface area contributed by atoms with Gasteiger partial charge >= 0.3 is 0 Å². The highest BCUT2D eigenvalue weighted by molar-refractivity contribution is 5.08. The molecule has 0 saturated carbocycles. The summed E-state index contributed by atoms with van der Waals surface area (Å²) in [6.45, 7) is 0.843. The Bertz CT molecular complexity index is 464. The Kier molecular flexibility index (Phi) is 2.82. The minimum absolute atomic E-state index is 0.130. The van der Waals surface area contributed by atoms with Gasteiger partial charge in [0.2, 0.25) is 5.89 Å². The van der Waals surface area contributed by atoms with Gasteiger partial charge in [-0.3, -0.25) is 0 Å². The Morgan fingerprint density at radius 3 is 2.95 bits per heavy atom. The average molecular weight is 265 g/mol. The van der Waals surface area contributed by atoms with Crippen molar-refractivity contribution in [2.75, 3.05) is 13.7 Å². The molecule has 3 saturated heterocycles. The standard InChI is InChI=1S/C13H19N3O3/c1-17-8-5-10(14-6-8)13-15-12(16-19-13)9-4-7-2-3-11(9)18-7/h7-11,14H,2-6H2,1H3/t7?,8-,9?,10+,11?/m0/s1. The lowest BCUT2D eigenvalue weighted by molar-refractivity contribution is 0.0996. The summed E-state index contributed by atoms with van der Waals surface area (Å²) in [6.07, 6.45) is 5.22. The Morgan fingerprint density at radius 1 is 1.32 bits per heavy atom. The maximum absolute atomic E-state index is 5.85. The molecule has 1 N–H and O–H groups in total. The molecule has 3 fully saturated rings. The molecule has 0 radical (unpaired) electrons. The first-order chi connectivity index (χ1) is 9.33. The minimum Gasteiger partial charge on any atom is -0.380 e. The number of nitrogens with zero attached hydrogens (tertiary/aromatic N) is 2. The van der Waals surface area contributed by atoms with E-state index in [0.29, 0.717) is 24.0 Å². The van der Waals surface area contributed by atoms with E-state index >= 15 is 0 Å². The second-order valence-corrected chi connectivity index (χ2v) is 5.76. The molecule has 3 aliphatic heterocycles. The van der Waals surface area contributed by atoms with Crippen LogP contribution in [0.3, 0.4) is 0 Å². The van der Waals surface area contributed by atoms with Crippen molar-refractivity contribution in [3.05, 3.63) is 11.7 Å². The molecular weight excluding hydrogens is 246 g/mol. The molecule has 0 amide bonds. The lowest BCUT2D eigenvalue weighted by Gasteiger charge is -2.13. The van der Waals surface area contributed by atoms with Crippen molar-refractivity contribution < 1.29 is 14.0 Å². The summed E-state index contributed by atoms with van der Waals surface area (Å²) < 4.78 is 16.6. The molecule has 6 nitrogen and oxygen atoms in total. The van der Waals surface area contributed by atoms with E-state index in [0.717, 1.165) is 31.6 Å². The number of nitrogens with one attached hydrogen (secondary N) is 1. The average Bonchev–Trinajstić information content (AvgIpc) is 3.19. The molecule has 5 atom stereocenters. The van der Waals surface area contributed by atoms with Gasteiger partial charge in [0.1, 0.15) is 0 Å². The highest BCUT2D eigenvalue weighted by Gasteiger charge is 2.44. The van der Waals surface area contributed by atoms with Crippen LogP contribution >= 0.6 is 0 Å². The fourth-order valence-corrected chi connectivity index (χ4v) is 3.52. The quantitative estimate of drug-likeness (QED) is 0.884. The third kappa shape index (κ3) is 1.98. The topological polar surface area (TPSA) is 69.4 Å². The largest absolute Gasteiger partial charge is 0.380 e. The molecule has 1 aromatic rings. The number of rotatable bonds is 3. The molecule has 0 aromatic carbocycles. The first-order valence-electron chi connectivity index (χ1n) is 7.08. The van der Waals surface area contributed by atoms with Crippen LogP contribution in [0.4, 0.5) is 0 Å². The van der Waals surface area contributed by atoms with Gasteiger partial charge in [-0.2, -0.15) is 4.98 Å². The molecule has 4 rings (SSSR count). The fraction of sp³-hybridized carbons (Fsp3) is 0.846. The van der Waals surface area contributed by atoms with Gasteiger partial charge in [0.15, 0.2) is 5.82 Å². The van der Waals surface area contributed by atoms with Crippen molar-refractivity contribution in [3.8, 4) is 0 Å². The van der Waals surface area contributed by atoms with E-state index in [1.807, 2.05) is 0 Å². The molecular formula is C13H19N3O3. The van der Waals surface area contributed by atoms with Crippen molar-refractivity contribution in [3.63, 3.8) is 0 Å². The van der Waals surface area contributed by atoms with E-state index < -0.39 is 0 Å².